The second kappa shape index (κ2) is 3.89. The molecule has 50 valence electrons. The van der Waals surface area contributed by atoms with Crippen LogP contribution in [0.15, 0.2) is 16.8 Å². The molecule has 0 amide bonds. The second-order valence-corrected chi connectivity index (χ2v) is 2.45. The van der Waals surface area contributed by atoms with Crippen molar-refractivity contribution in [3.8, 4) is 0 Å². The van der Waals surface area contributed by atoms with Gasteiger partial charge in [0.1, 0.15) is 0 Å². The van der Waals surface area contributed by atoms with Crippen LogP contribution in [0.3, 0.4) is 0 Å². The highest BCUT2D eigenvalue weighted by Crippen LogP contribution is 2.11. The van der Waals surface area contributed by atoms with E-state index in [9.17, 15) is 0 Å². The molecule has 2 heteroatoms. The van der Waals surface area contributed by atoms with Crippen molar-refractivity contribution in [2.45, 2.75) is 18.9 Å². The fourth-order valence-corrected chi connectivity index (χ4v) is 1.03. The standard InChI is InChI=1S/C7H9BrO/c8-5-1-3-7-4-2-6-9-7/h3,5,7H,2,4,6H2/t1?,7-/m1/s1. The van der Waals surface area contributed by atoms with Gasteiger partial charge in [-0.1, -0.05) is 15.9 Å². The van der Waals surface area contributed by atoms with E-state index in [4.69, 9.17) is 4.74 Å². The summed E-state index contributed by atoms with van der Waals surface area (Å²) in [5.41, 5.74) is 2.93. The molecule has 0 saturated carbocycles. The quantitative estimate of drug-likeness (QED) is 0.574. The SMILES string of the molecule is BrC=C=C[C@@H]1CCCO1. The molecule has 0 bridgehead atoms. The van der Waals surface area contributed by atoms with E-state index in [1.807, 2.05) is 6.08 Å². The maximum Gasteiger partial charge on any atom is 0.0830 e. The van der Waals surface area contributed by atoms with Crippen LogP contribution in [-0.4, -0.2) is 12.7 Å². The monoisotopic (exact) mass is 188 g/mol. The first-order chi connectivity index (χ1) is 4.43. The van der Waals surface area contributed by atoms with Crippen molar-refractivity contribution in [3.05, 3.63) is 16.8 Å². The number of rotatable bonds is 1. The van der Waals surface area contributed by atoms with Crippen LogP contribution in [0.2, 0.25) is 0 Å². The number of hydrogen-bond acceptors (Lipinski definition) is 1. The molecular weight excluding hydrogens is 180 g/mol. The van der Waals surface area contributed by atoms with Gasteiger partial charge in [-0.25, -0.2) is 0 Å². The van der Waals surface area contributed by atoms with E-state index in [1.54, 1.807) is 4.99 Å². The minimum absolute atomic E-state index is 0.318. The molecule has 9 heavy (non-hydrogen) atoms. The number of hydrogen-bond donors (Lipinski definition) is 0. The average Bonchev–Trinajstić information content (AvgIpc) is 2.34. The summed E-state index contributed by atoms with van der Waals surface area (Å²) in [7, 11) is 0. The van der Waals surface area contributed by atoms with Crippen molar-refractivity contribution in [2.75, 3.05) is 6.61 Å². The predicted molar refractivity (Wildman–Crippen MR) is 40.6 cm³/mol. The van der Waals surface area contributed by atoms with Gasteiger partial charge in [0, 0.05) is 11.6 Å². The Hall–Kier alpha value is -0.0400. The fraction of sp³-hybridized carbons (Fsp3) is 0.571. The fourth-order valence-electron chi connectivity index (χ4n) is 0.878. The lowest BCUT2D eigenvalue weighted by Gasteiger charge is -1.96. The normalized spacial score (nSPS) is 25.2. The highest BCUT2D eigenvalue weighted by Gasteiger charge is 2.10. The molecular formula is C7H9BrO. The van der Waals surface area contributed by atoms with Crippen molar-refractivity contribution >= 4 is 15.9 Å². The van der Waals surface area contributed by atoms with E-state index in [-0.39, 0.29) is 0 Å². The molecule has 1 atom stereocenters. The Morgan fingerprint density at radius 2 is 2.56 bits per heavy atom. The van der Waals surface area contributed by atoms with Crippen LogP contribution < -0.4 is 0 Å². The van der Waals surface area contributed by atoms with Gasteiger partial charge in [-0.2, -0.15) is 0 Å². The lowest BCUT2D eigenvalue weighted by Crippen LogP contribution is -1.97. The second-order valence-electron chi connectivity index (χ2n) is 1.99. The molecule has 0 aliphatic carbocycles. The van der Waals surface area contributed by atoms with Crippen LogP contribution in [0.5, 0.6) is 0 Å². The summed E-state index contributed by atoms with van der Waals surface area (Å²) in [6, 6.07) is 0. The zero-order valence-electron chi connectivity index (χ0n) is 5.14. The van der Waals surface area contributed by atoms with E-state index >= 15 is 0 Å². The third-order valence-corrected chi connectivity index (χ3v) is 1.57. The summed E-state index contributed by atoms with van der Waals surface area (Å²) in [5.74, 6) is 0. The molecule has 1 aliphatic rings. The molecule has 1 fully saturated rings. The molecule has 1 aliphatic heterocycles. The minimum atomic E-state index is 0.318. The lowest BCUT2D eigenvalue weighted by molar-refractivity contribution is 0.146. The Morgan fingerprint density at radius 3 is 3.11 bits per heavy atom. The van der Waals surface area contributed by atoms with Crippen molar-refractivity contribution in [1.29, 1.82) is 0 Å². The Bertz CT molecular complexity index is 130. The summed E-state index contributed by atoms with van der Waals surface area (Å²) in [6.45, 7) is 0.908. The Balaban J connectivity index is 2.34. The third kappa shape index (κ3) is 2.35. The molecule has 1 nitrogen and oxygen atoms in total. The van der Waals surface area contributed by atoms with Crippen LogP contribution in [0.4, 0.5) is 0 Å². The summed E-state index contributed by atoms with van der Waals surface area (Å²) in [4.78, 5) is 1.72. The molecule has 0 aromatic carbocycles. The lowest BCUT2D eigenvalue weighted by atomic mass is 10.2. The minimum Gasteiger partial charge on any atom is -0.374 e. The maximum absolute atomic E-state index is 5.30. The highest BCUT2D eigenvalue weighted by atomic mass is 79.9. The molecule has 1 saturated heterocycles. The predicted octanol–water partition coefficient (Wildman–Crippen LogP) is 2.23. The Kier molecular flexibility index (Phi) is 3.05. The van der Waals surface area contributed by atoms with Gasteiger partial charge < -0.3 is 4.74 Å². The zero-order valence-corrected chi connectivity index (χ0v) is 6.73. The van der Waals surface area contributed by atoms with Crippen molar-refractivity contribution < 1.29 is 4.74 Å². The van der Waals surface area contributed by atoms with E-state index < -0.39 is 0 Å². The molecule has 0 unspecified atom stereocenters. The molecule has 1 rings (SSSR count). The van der Waals surface area contributed by atoms with Crippen molar-refractivity contribution in [3.63, 3.8) is 0 Å². The average molecular weight is 189 g/mol. The van der Waals surface area contributed by atoms with E-state index in [2.05, 4.69) is 21.7 Å². The smallest absolute Gasteiger partial charge is 0.0830 e. The van der Waals surface area contributed by atoms with Crippen LogP contribution in [-0.2, 0) is 4.74 Å². The van der Waals surface area contributed by atoms with Gasteiger partial charge in [-0.15, -0.1) is 5.73 Å². The Labute approximate surface area is 63.5 Å². The van der Waals surface area contributed by atoms with Gasteiger partial charge in [-0.05, 0) is 18.9 Å². The first-order valence-electron chi connectivity index (χ1n) is 3.06. The van der Waals surface area contributed by atoms with E-state index in [1.165, 1.54) is 6.42 Å². The summed E-state index contributed by atoms with van der Waals surface area (Å²) in [5, 5.41) is 0. The van der Waals surface area contributed by atoms with Gasteiger partial charge in [0.2, 0.25) is 0 Å². The van der Waals surface area contributed by atoms with Gasteiger partial charge in [0.05, 0.1) is 6.10 Å². The van der Waals surface area contributed by atoms with Crippen molar-refractivity contribution in [1.82, 2.24) is 0 Å². The van der Waals surface area contributed by atoms with Gasteiger partial charge in [0.15, 0.2) is 0 Å². The van der Waals surface area contributed by atoms with Gasteiger partial charge in [0.25, 0.3) is 0 Å². The van der Waals surface area contributed by atoms with Gasteiger partial charge >= 0.3 is 0 Å². The molecule has 1 heterocycles. The van der Waals surface area contributed by atoms with Crippen LogP contribution in [0.1, 0.15) is 12.8 Å². The van der Waals surface area contributed by atoms with E-state index in [0.717, 1.165) is 13.0 Å². The molecule has 0 N–H and O–H groups in total. The molecule has 0 radical (unpaired) electrons. The molecule has 0 aromatic heterocycles. The zero-order chi connectivity index (χ0) is 6.53. The third-order valence-electron chi connectivity index (χ3n) is 1.31. The highest BCUT2D eigenvalue weighted by molar-refractivity contribution is 9.11. The largest absolute Gasteiger partial charge is 0.374 e. The maximum atomic E-state index is 5.30. The van der Waals surface area contributed by atoms with Crippen LogP contribution in [0, 0.1) is 0 Å². The van der Waals surface area contributed by atoms with Gasteiger partial charge in [-0.3, -0.25) is 0 Å². The van der Waals surface area contributed by atoms with Crippen LogP contribution in [0.25, 0.3) is 0 Å². The first kappa shape index (κ1) is 7.07. The first-order valence-corrected chi connectivity index (χ1v) is 3.98. The topological polar surface area (TPSA) is 9.23 Å². The summed E-state index contributed by atoms with van der Waals surface area (Å²) >= 11 is 3.13. The molecule has 0 aromatic rings. The van der Waals surface area contributed by atoms with Crippen LogP contribution >= 0.6 is 15.9 Å². The summed E-state index contributed by atoms with van der Waals surface area (Å²) in [6.07, 6.45) is 4.60. The summed E-state index contributed by atoms with van der Waals surface area (Å²) < 4.78 is 5.30. The Morgan fingerprint density at radius 1 is 1.67 bits per heavy atom. The van der Waals surface area contributed by atoms with Crippen molar-refractivity contribution in [2.24, 2.45) is 0 Å². The number of halogens is 1. The molecule has 0 spiro atoms. The number of ether oxygens (including phenoxy) is 1. The van der Waals surface area contributed by atoms with E-state index in [0.29, 0.717) is 6.10 Å².